The maximum atomic E-state index is 12.6. The van der Waals surface area contributed by atoms with Crippen LogP contribution < -0.4 is 10.6 Å². The van der Waals surface area contributed by atoms with E-state index in [4.69, 9.17) is 0 Å². The third kappa shape index (κ3) is 2.27. The Morgan fingerprint density at radius 3 is 2.95 bits per heavy atom. The zero-order valence-electron chi connectivity index (χ0n) is 11.5. The molecule has 1 amide bonds. The van der Waals surface area contributed by atoms with E-state index in [2.05, 4.69) is 35.8 Å². The van der Waals surface area contributed by atoms with Crippen molar-refractivity contribution in [3.05, 3.63) is 35.4 Å². The fourth-order valence-electron chi connectivity index (χ4n) is 3.20. The van der Waals surface area contributed by atoms with Gasteiger partial charge in [0, 0.05) is 25.6 Å². The van der Waals surface area contributed by atoms with Crippen molar-refractivity contribution < 1.29 is 4.79 Å². The molecule has 19 heavy (non-hydrogen) atoms. The van der Waals surface area contributed by atoms with Crippen molar-refractivity contribution in [1.29, 1.82) is 0 Å². The van der Waals surface area contributed by atoms with Gasteiger partial charge in [-0.25, -0.2) is 0 Å². The standard InChI is InChI=1S/C16H22N2O/c1-16(15(19)18-11-12-9-17-10-12)8-4-6-13-5-2-3-7-14(13)16/h2-3,5,7,12,17H,4,6,8-11H2,1H3,(H,18,19). The highest BCUT2D eigenvalue weighted by atomic mass is 16.2. The van der Waals surface area contributed by atoms with Crippen molar-refractivity contribution in [1.82, 2.24) is 10.6 Å². The van der Waals surface area contributed by atoms with Crippen LogP contribution in [0.25, 0.3) is 0 Å². The van der Waals surface area contributed by atoms with Gasteiger partial charge in [0.2, 0.25) is 5.91 Å². The summed E-state index contributed by atoms with van der Waals surface area (Å²) in [7, 11) is 0. The van der Waals surface area contributed by atoms with E-state index < -0.39 is 0 Å². The molecule has 0 radical (unpaired) electrons. The summed E-state index contributed by atoms with van der Waals surface area (Å²) in [5, 5.41) is 6.40. The predicted molar refractivity (Wildman–Crippen MR) is 76.1 cm³/mol. The summed E-state index contributed by atoms with van der Waals surface area (Å²) in [6, 6.07) is 8.41. The van der Waals surface area contributed by atoms with Gasteiger partial charge in [-0.2, -0.15) is 0 Å². The first-order valence-electron chi connectivity index (χ1n) is 7.27. The summed E-state index contributed by atoms with van der Waals surface area (Å²) < 4.78 is 0. The number of rotatable bonds is 3. The average molecular weight is 258 g/mol. The second kappa shape index (κ2) is 4.97. The first-order valence-corrected chi connectivity index (χ1v) is 7.27. The van der Waals surface area contributed by atoms with Crippen LogP contribution in [-0.4, -0.2) is 25.5 Å². The molecule has 1 saturated heterocycles. The number of nitrogens with one attached hydrogen (secondary N) is 2. The third-order valence-corrected chi connectivity index (χ3v) is 4.65. The molecule has 0 saturated carbocycles. The quantitative estimate of drug-likeness (QED) is 0.865. The van der Waals surface area contributed by atoms with E-state index in [1.165, 1.54) is 11.1 Å². The minimum absolute atomic E-state index is 0.201. The molecule has 2 aliphatic rings. The highest BCUT2D eigenvalue weighted by Gasteiger charge is 2.38. The second-order valence-electron chi connectivity index (χ2n) is 6.08. The number of hydrogen-bond donors (Lipinski definition) is 2. The van der Waals surface area contributed by atoms with Gasteiger partial charge < -0.3 is 10.6 Å². The molecule has 0 bridgehead atoms. The Bertz CT molecular complexity index is 481. The van der Waals surface area contributed by atoms with Crippen LogP contribution >= 0.6 is 0 Å². The molecule has 1 aliphatic heterocycles. The molecule has 1 atom stereocenters. The molecule has 3 nitrogen and oxygen atoms in total. The van der Waals surface area contributed by atoms with Gasteiger partial charge in [-0.15, -0.1) is 0 Å². The molecule has 1 aromatic carbocycles. The second-order valence-corrected chi connectivity index (χ2v) is 6.08. The largest absolute Gasteiger partial charge is 0.355 e. The van der Waals surface area contributed by atoms with Gasteiger partial charge >= 0.3 is 0 Å². The predicted octanol–water partition coefficient (Wildman–Crippen LogP) is 1.62. The maximum Gasteiger partial charge on any atom is 0.230 e. The molecular weight excluding hydrogens is 236 g/mol. The molecule has 2 N–H and O–H groups in total. The van der Waals surface area contributed by atoms with Crippen LogP contribution in [0.15, 0.2) is 24.3 Å². The number of fused-ring (bicyclic) bond motifs is 1. The summed E-state index contributed by atoms with van der Waals surface area (Å²) in [4.78, 5) is 12.6. The Balaban J connectivity index is 1.76. The lowest BCUT2D eigenvalue weighted by atomic mass is 9.70. The maximum absolute atomic E-state index is 12.6. The Morgan fingerprint density at radius 1 is 1.42 bits per heavy atom. The number of aryl methyl sites for hydroxylation is 1. The highest BCUT2D eigenvalue weighted by Crippen LogP contribution is 2.37. The van der Waals surface area contributed by atoms with Crippen molar-refractivity contribution >= 4 is 5.91 Å². The monoisotopic (exact) mass is 258 g/mol. The zero-order chi connectivity index (χ0) is 13.3. The van der Waals surface area contributed by atoms with Crippen LogP contribution in [0.3, 0.4) is 0 Å². The first kappa shape index (κ1) is 12.7. The molecule has 1 unspecified atom stereocenters. The number of amides is 1. The smallest absolute Gasteiger partial charge is 0.230 e. The molecule has 1 heterocycles. The van der Waals surface area contributed by atoms with Crippen molar-refractivity contribution in [3.8, 4) is 0 Å². The van der Waals surface area contributed by atoms with E-state index in [1.54, 1.807) is 0 Å². The van der Waals surface area contributed by atoms with E-state index in [0.717, 1.165) is 38.9 Å². The zero-order valence-corrected chi connectivity index (χ0v) is 11.5. The van der Waals surface area contributed by atoms with E-state index in [9.17, 15) is 4.79 Å². The molecule has 1 fully saturated rings. The number of hydrogen-bond acceptors (Lipinski definition) is 2. The normalized spacial score (nSPS) is 26.4. The van der Waals surface area contributed by atoms with Crippen molar-refractivity contribution in [3.63, 3.8) is 0 Å². The van der Waals surface area contributed by atoms with Crippen LogP contribution in [0, 0.1) is 5.92 Å². The average Bonchev–Trinajstić information content (AvgIpc) is 2.37. The minimum Gasteiger partial charge on any atom is -0.355 e. The molecule has 3 heteroatoms. The van der Waals surface area contributed by atoms with Gasteiger partial charge in [-0.3, -0.25) is 4.79 Å². The molecule has 0 spiro atoms. The van der Waals surface area contributed by atoms with E-state index in [0.29, 0.717) is 5.92 Å². The summed E-state index contributed by atoms with van der Waals surface area (Å²) in [6.45, 7) is 4.98. The van der Waals surface area contributed by atoms with Gasteiger partial charge in [0.1, 0.15) is 0 Å². The van der Waals surface area contributed by atoms with Crippen LogP contribution in [0.5, 0.6) is 0 Å². The van der Waals surface area contributed by atoms with Gasteiger partial charge in [0.25, 0.3) is 0 Å². The lowest BCUT2D eigenvalue weighted by Gasteiger charge is -2.36. The summed E-state index contributed by atoms with van der Waals surface area (Å²) in [6.07, 6.45) is 3.16. The van der Waals surface area contributed by atoms with Crippen LogP contribution in [0.4, 0.5) is 0 Å². The van der Waals surface area contributed by atoms with Crippen molar-refractivity contribution in [2.45, 2.75) is 31.6 Å². The van der Waals surface area contributed by atoms with Gasteiger partial charge in [0.05, 0.1) is 5.41 Å². The van der Waals surface area contributed by atoms with Crippen LogP contribution in [-0.2, 0) is 16.6 Å². The van der Waals surface area contributed by atoms with Gasteiger partial charge in [-0.1, -0.05) is 24.3 Å². The Hall–Kier alpha value is -1.35. The lowest BCUT2D eigenvalue weighted by Crippen LogP contribution is -2.51. The lowest BCUT2D eigenvalue weighted by molar-refractivity contribution is -0.127. The van der Waals surface area contributed by atoms with Gasteiger partial charge in [-0.05, 0) is 37.3 Å². The topological polar surface area (TPSA) is 41.1 Å². The van der Waals surface area contributed by atoms with Crippen molar-refractivity contribution in [2.24, 2.45) is 5.92 Å². The fourth-order valence-corrected chi connectivity index (χ4v) is 3.20. The van der Waals surface area contributed by atoms with Gasteiger partial charge in [0.15, 0.2) is 0 Å². The number of benzene rings is 1. The molecule has 0 aromatic heterocycles. The third-order valence-electron chi connectivity index (χ3n) is 4.65. The van der Waals surface area contributed by atoms with E-state index in [1.807, 2.05) is 6.07 Å². The molecule has 1 aromatic rings. The first-order chi connectivity index (χ1) is 9.20. The summed E-state index contributed by atoms with van der Waals surface area (Å²) >= 11 is 0. The molecular formula is C16H22N2O. The fraction of sp³-hybridized carbons (Fsp3) is 0.562. The van der Waals surface area contributed by atoms with E-state index in [-0.39, 0.29) is 11.3 Å². The number of carbonyl (C=O) groups excluding carboxylic acids is 1. The van der Waals surface area contributed by atoms with Crippen LogP contribution in [0.2, 0.25) is 0 Å². The number of carbonyl (C=O) groups is 1. The Morgan fingerprint density at radius 2 is 2.21 bits per heavy atom. The Kier molecular flexibility index (Phi) is 3.31. The minimum atomic E-state index is -0.341. The Labute approximate surface area is 114 Å². The molecule has 3 rings (SSSR count). The van der Waals surface area contributed by atoms with Crippen molar-refractivity contribution in [2.75, 3.05) is 19.6 Å². The highest BCUT2D eigenvalue weighted by molar-refractivity contribution is 5.88. The molecule has 1 aliphatic carbocycles. The SMILES string of the molecule is CC1(C(=O)NCC2CNC2)CCCc2ccccc21. The molecule has 102 valence electrons. The van der Waals surface area contributed by atoms with E-state index >= 15 is 0 Å². The summed E-state index contributed by atoms with van der Waals surface area (Å²) in [5.74, 6) is 0.818. The van der Waals surface area contributed by atoms with Crippen LogP contribution in [0.1, 0.15) is 30.9 Å². The summed E-state index contributed by atoms with van der Waals surface area (Å²) in [5.41, 5.74) is 2.23.